The maximum absolute atomic E-state index is 10.9. The van der Waals surface area contributed by atoms with Crippen molar-refractivity contribution in [1.29, 1.82) is 0 Å². The fourth-order valence-corrected chi connectivity index (χ4v) is 1.59. The normalized spacial score (nSPS) is 10.3. The van der Waals surface area contributed by atoms with Crippen LogP contribution < -0.4 is 0 Å². The lowest BCUT2D eigenvalue weighted by Gasteiger charge is -2.08. The van der Waals surface area contributed by atoms with Crippen LogP contribution in [-0.4, -0.2) is 5.78 Å². The quantitative estimate of drug-likeness (QED) is 0.715. The van der Waals surface area contributed by atoms with Crippen LogP contribution in [0.3, 0.4) is 0 Å². The zero-order valence-corrected chi connectivity index (χ0v) is 9.48. The Morgan fingerprint density at radius 3 is 2.07 bits per heavy atom. The topological polar surface area (TPSA) is 17.1 Å². The fourth-order valence-electron chi connectivity index (χ4n) is 1.59. The molecule has 76 valence electrons. The van der Waals surface area contributed by atoms with E-state index in [1.54, 1.807) is 6.92 Å². The van der Waals surface area contributed by atoms with E-state index in [2.05, 4.69) is 32.9 Å². The number of ketones is 1. The zero-order valence-electron chi connectivity index (χ0n) is 9.48. The van der Waals surface area contributed by atoms with Gasteiger partial charge in [-0.1, -0.05) is 12.1 Å². The van der Waals surface area contributed by atoms with Crippen LogP contribution in [0.2, 0.25) is 0 Å². The van der Waals surface area contributed by atoms with Crippen molar-refractivity contribution in [2.75, 3.05) is 0 Å². The minimum absolute atomic E-state index is 0.265. The SMILES string of the molecule is CC(=O)CCc1cc(C)c(C)c(C)c1. The largest absolute Gasteiger partial charge is 0.300 e. The van der Waals surface area contributed by atoms with Gasteiger partial charge in [0.15, 0.2) is 0 Å². The fraction of sp³-hybridized carbons (Fsp3) is 0.462. The summed E-state index contributed by atoms with van der Waals surface area (Å²) >= 11 is 0. The van der Waals surface area contributed by atoms with Crippen LogP contribution in [0.1, 0.15) is 35.6 Å². The molecule has 0 radical (unpaired) electrons. The summed E-state index contributed by atoms with van der Waals surface area (Å²) < 4.78 is 0. The second-order valence-corrected chi connectivity index (χ2v) is 4.06. The molecule has 0 aliphatic heterocycles. The smallest absolute Gasteiger partial charge is 0.130 e. The monoisotopic (exact) mass is 190 g/mol. The van der Waals surface area contributed by atoms with Crippen LogP contribution in [0.5, 0.6) is 0 Å². The van der Waals surface area contributed by atoms with Gasteiger partial charge in [0, 0.05) is 6.42 Å². The van der Waals surface area contributed by atoms with Crippen LogP contribution in [0.4, 0.5) is 0 Å². The van der Waals surface area contributed by atoms with Crippen LogP contribution in [-0.2, 0) is 11.2 Å². The molecule has 1 aromatic rings. The van der Waals surface area contributed by atoms with Gasteiger partial charge in [-0.15, -0.1) is 0 Å². The van der Waals surface area contributed by atoms with E-state index in [1.807, 2.05) is 0 Å². The molecule has 14 heavy (non-hydrogen) atoms. The van der Waals surface area contributed by atoms with Crippen molar-refractivity contribution in [3.8, 4) is 0 Å². The number of carbonyl (C=O) groups excluding carboxylic acids is 1. The van der Waals surface area contributed by atoms with Gasteiger partial charge >= 0.3 is 0 Å². The summed E-state index contributed by atoms with van der Waals surface area (Å²) in [5.41, 5.74) is 5.28. The molecule has 1 rings (SSSR count). The summed E-state index contributed by atoms with van der Waals surface area (Å²) in [6.07, 6.45) is 1.53. The van der Waals surface area contributed by atoms with E-state index < -0.39 is 0 Å². The number of benzene rings is 1. The lowest BCUT2D eigenvalue weighted by atomic mass is 9.98. The highest BCUT2D eigenvalue weighted by molar-refractivity contribution is 5.75. The van der Waals surface area contributed by atoms with Crippen molar-refractivity contribution in [3.63, 3.8) is 0 Å². The highest BCUT2D eigenvalue weighted by atomic mass is 16.1. The summed E-state index contributed by atoms with van der Waals surface area (Å²) in [5.74, 6) is 0.265. The molecule has 0 aliphatic carbocycles. The molecule has 1 nitrogen and oxygen atoms in total. The van der Waals surface area contributed by atoms with Crippen molar-refractivity contribution >= 4 is 5.78 Å². The highest BCUT2D eigenvalue weighted by Crippen LogP contribution is 2.16. The molecule has 1 aromatic carbocycles. The molecule has 0 atom stereocenters. The zero-order chi connectivity index (χ0) is 10.7. The Balaban J connectivity index is 2.84. The van der Waals surface area contributed by atoms with E-state index in [9.17, 15) is 4.79 Å². The maximum atomic E-state index is 10.9. The van der Waals surface area contributed by atoms with E-state index in [4.69, 9.17) is 0 Å². The van der Waals surface area contributed by atoms with Gasteiger partial charge in [-0.2, -0.15) is 0 Å². The van der Waals surface area contributed by atoms with Gasteiger partial charge in [-0.25, -0.2) is 0 Å². The van der Waals surface area contributed by atoms with Gasteiger partial charge in [-0.3, -0.25) is 0 Å². The molecular weight excluding hydrogens is 172 g/mol. The third kappa shape index (κ3) is 2.69. The van der Waals surface area contributed by atoms with Crippen LogP contribution in [0, 0.1) is 20.8 Å². The maximum Gasteiger partial charge on any atom is 0.130 e. The molecule has 0 saturated heterocycles. The summed E-state index contributed by atoms with van der Waals surface area (Å²) in [7, 11) is 0. The summed E-state index contributed by atoms with van der Waals surface area (Å²) in [6.45, 7) is 8.03. The number of hydrogen-bond donors (Lipinski definition) is 0. The molecule has 0 spiro atoms. The number of hydrogen-bond acceptors (Lipinski definition) is 1. The minimum atomic E-state index is 0.265. The molecular formula is C13H18O. The average Bonchev–Trinajstić information content (AvgIpc) is 2.10. The number of carbonyl (C=O) groups is 1. The molecule has 0 unspecified atom stereocenters. The standard InChI is InChI=1S/C13H18O/c1-9-7-13(6-5-11(3)14)8-10(2)12(9)4/h7-8H,5-6H2,1-4H3. The first-order valence-electron chi connectivity index (χ1n) is 5.07. The Bertz CT molecular complexity index is 327. The summed E-state index contributed by atoms with van der Waals surface area (Å²) in [6, 6.07) is 4.37. The van der Waals surface area contributed by atoms with Gasteiger partial charge in [0.25, 0.3) is 0 Å². The van der Waals surface area contributed by atoms with Gasteiger partial charge in [0.2, 0.25) is 0 Å². The predicted molar refractivity (Wildman–Crippen MR) is 59.7 cm³/mol. The molecule has 0 amide bonds. The van der Waals surface area contributed by atoms with Crippen LogP contribution >= 0.6 is 0 Å². The van der Waals surface area contributed by atoms with E-state index in [0.29, 0.717) is 6.42 Å². The first-order valence-corrected chi connectivity index (χ1v) is 5.07. The van der Waals surface area contributed by atoms with E-state index in [-0.39, 0.29) is 5.78 Å². The van der Waals surface area contributed by atoms with Crippen molar-refractivity contribution in [2.24, 2.45) is 0 Å². The summed E-state index contributed by atoms with van der Waals surface area (Å²) in [5, 5.41) is 0. The second-order valence-electron chi connectivity index (χ2n) is 4.06. The van der Waals surface area contributed by atoms with E-state index in [0.717, 1.165) is 6.42 Å². The first-order chi connectivity index (χ1) is 6.50. The molecule has 0 saturated carbocycles. The Hall–Kier alpha value is -1.11. The number of rotatable bonds is 3. The van der Waals surface area contributed by atoms with Gasteiger partial charge < -0.3 is 4.79 Å². The Kier molecular flexibility index (Phi) is 3.45. The molecule has 0 fully saturated rings. The average molecular weight is 190 g/mol. The van der Waals surface area contributed by atoms with E-state index >= 15 is 0 Å². The van der Waals surface area contributed by atoms with Crippen LogP contribution in [0.15, 0.2) is 12.1 Å². The van der Waals surface area contributed by atoms with Crippen molar-refractivity contribution in [3.05, 3.63) is 34.4 Å². The number of Topliss-reactive ketones (excluding diaryl/α,β-unsaturated/α-hetero) is 1. The second kappa shape index (κ2) is 4.41. The number of aryl methyl sites for hydroxylation is 3. The molecule has 1 heteroatoms. The minimum Gasteiger partial charge on any atom is -0.300 e. The molecule has 0 heterocycles. The third-order valence-corrected chi connectivity index (χ3v) is 2.75. The van der Waals surface area contributed by atoms with Gasteiger partial charge in [0.05, 0.1) is 0 Å². The Morgan fingerprint density at radius 2 is 1.64 bits per heavy atom. The highest BCUT2D eigenvalue weighted by Gasteiger charge is 2.02. The van der Waals surface area contributed by atoms with Crippen molar-refractivity contribution in [1.82, 2.24) is 0 Å². The summed E-state index contributed by atoms with van der Waals surface area (Å²) in [4.78, 5) is 10.9. The lowest BCUT2D eigenvalue weighted by Crippen LogP contribution is -1.96. The first kappa shape index (κ1) is 11.0. The lowest BCUT2D eigenvalue weighted by molar-refractivity contribution is -0.116. The molecule has 0 aromatic heterocycles. The molecule has 0 N–H and O–H groups in total. The van der Waals surface area contributed by atoms with E-state index in [1.165, 1.54) is 22.3 Å². The van der Waals surface area contributed by atoms with Crippen molar-refractivity contribution in [2.45, 2.75) is 40.5 Å². The Labute approximate surface area is 86.1 Å². The third-order valence-electron chi connectivity index (χ3n) is 2.75. The van der Waals surface area contributed by atoms with Crippen LogP contribution in [0.25, 0.3) is 0 Å². The molecule has 0 aliphatic rings. The van der Waals surface area contributed by atoms with Gasteiger partial charge in [-0.05, 0) is 56.4 Å². The molecule has 0 bridgehead atoms. The van der Waals surface area contributed by atoms with Gasteiger partial charge in [0.1, 0.15) is 5.78 Å². The predicted octanol–water partition coefficient (Wildman–Crippen LogP) is 3.13. The van der Waals surface area contributed by atoms with Crippen molar-refractivity contribution < 1.29 is 4.79 Å². The Morgan fingerprint density at radius 1 is 1.14 bits per heavy atom.